The third kappa shape index (κ3) is 6.94. The van der Waals surface area contributed by atoms with Gasteiger partial charge in [-0.3, -0.25) is 0 Å². The third-order valence-corrected chi connectivity index (χ3v) is 6.85. The molecule has 1 aliphatic rings. The van der Waals surface area contributed by atoms with E-state index in [0.717, 1.165) is 43.5 Å². The maximum absolute atomic E-state index is 5.91. The first-order chi connectivity index (χ1) is 15.9. The van der Waals surface area contributed by atoms with Gasteiger partial charge in [0.25, 0.3) is 0 Å². The van der Waals surface area contributed by atoms with Crippen LogP contribution in [0.1, 0.15) is 60.4 Å². The van der Waals surface area contributed by atoms with Crippen molar-refractivity contribution in [2.75, 3.05) is 43.6 Å². The van der Waals surface area contributed by atoms with E-state index in [0.29, 0.717) is 0 Å². The Morgan fingerprint density at radius 2 is 1.88 bits per heavy atom. The number of nitrogens with one attached hydrogen (secondary N) is 1. The number of fused-ring (bicyclic) bond motifs is 1. The summed E-state index contributed by atoms with van der Waals surface area (Å²) in [7, 11) is 1.76. The van der Waals surface area contributed by atoms with Crippen molar-refractivity contribution < 1.29 is 4.74 Å². The minimum Gasteiger partial charge on any atom is -0.385 e. The fourth-order valence-electron chi connectivity index (χ4n) is 4.84. The van der Waals surface area contributed by atoms with E-state index >= 15 is 0 Å². The summed E-state index contributed by atoms with van der Waals surface area (Å²) in [5.74, 6) is 0. The van der Waals surface area contributed by atoms with E-state index < -0.39 is 0 Å². The highest BCUT2D eigenvalue weighted by atomic mass is 32.1. The number of ether oxygens (including phenoxy) is 1. The standard InChI is InChI=1S/C28H41N3OS/c1-6-7-13-30-14-8-10-25-19-24(11-12-26(25)30)20-31(15-9-16-32-5)28(33)29-27-22(3)17-21(2)18-23(27)4/h11-12,17-19H,6-10,13-16,20H2,1-5H3,(H,29,33). The SMILES string of the molecule is CCCCN1CCCc2cc(CN(CCCOC)C(=S)Nc3c(C)cc(C)cc3C)ccc21. The molecule has 0 amide bonds. The third-order valence-electron chi connectivity index (χ3n) is 6.49. The van der Waals surface area contributed by atoms with Crippen molar-refractivity contribution in [1.82, 2.24) is 4.90 Å². The molecule has 1 heterocycles. The molecule has 0 fully saturated rings. The lowest BCUT2D eigenvalue weighted by atomic mass is 9.98. The van der Waals surface area contributed by atoms with Gasteiger partial charge < -0.3 is 19.9 Å². The van der Waals surface area contributed by atoms with Crippen molar-refractivity contribution >= 4 is 28.7 Å². The van der Waals surface area contributed by atoms with Crippen molar-refractivity contribution in [3.05, 3.63) is 58.1 Å². The van der Waals surface area contributed by atoms with Gasteiger partial charge in [0.05, 0.1) is 0 Å². The molecule has 0 spiro atoms. The molecule has 0 unspecified atom stereocenters. The van der Waals surface area contributed by atoms with E-state index in [1.54, 1.807) is 7.11 Å². The number of methoxy groups -OCH3 is 1. The first kappa shape index (κ1) is 25.5. The van der Waals surface area contributed by atoms with Gasteiger partial charge in [-0.1, -0.05) is 43.2 Å². The molecule has 2 aromatic rings. The van der Waals surface area contributed by atoms with Crippen molar-refractivity contribution in [3.63, 3.8) is 0 Å². The molecule has 0 saturated heterocycles. The second kappa shape index (κ2) is 12.4. The highest BCUT2D eigenvalue weighted by Gasteiger charge is 2.18. The number of hydrogen-bond donors (Lipinski definition) is 1. The summed E-state index contributed by atoms with van der Waals surface area (Å²) in [6, 6.07) is 11.4. The maximum Gasteiger partial charge on any atom is 0.173 e. The molecule has 0 aliphatic carbocycles. The molecule has 0 bridgehead atoms. The summed E-state index contributed by atoms with van der Waals surface area (Å²) in [5, 5.41) is 4.33. The second-order valence-electron chi connectivity index (χ2n) is 9.38. The van der Waals surface area contributed by atoms with Gasteiger partial charge >= 0.3 is 0 Å². The van der Waals surface area contributed by atoms with E-state index in [2.05, 4.69) is 73.1 Å². The van der Waals surface area contributed by atoms with E-state index in [1.807, 2.05) is 0 Å². The second-order valence-corrected chi connectivity index (χ2v) is 9.77. The summed E-state index contributed by atoms with van der Waals surface area (Å²) in [6.07, 6.45) is 5.85. The minimum absolute atomic E-state index is 0.734. The molecule has 5 heteroatoms. The molecule has 1 aliphatic heterocycles. The van der Waals surface area contributed by atoms with Crippen LogP contribution >= 0.6 is 12.2 Å². The number of nitrogens with zero attached hydrogens (tertiary/aromatic N) is 2. The average molecular weight is 468 g/mol. The minimum atomic E-state index is 0.734. The summed E-state index contributed by atoms with van der Waals surface area (Å²) < 4.78 is 5.31. The Morgan fingerprint density at radius 1 is 1.12 bits per heavy atom. The number of anilines is 2. The van der Waals surface area contributed by atoms with Gasteiger partial charge in [-0.15, -0.1) is 0 Å². The van der Waals surface area contributed by atoms with Crippen LogP contribution in [-0.2, 0) is 17.7 Å². The lowest BCUT2D eigenvalue weighted by molar-refractivity contribution is 0.185. The molecule has 4 nitrogen and oxygen atoms in total. The van der Waals surface area contributed by atoms with Gasteiger partial charge in [-0.05, 0) is 87.0 Å². The molecular formula is C28H41N3OS. The number of unbranched alkanes of at least 4 members (excludes halogenated alkanes) is 1. The molecule has 3 rings (SSSR count). The fourth-order valence-corrected chi connectivity index (χ4v) is 5.10. The van der Waals surface area contributed by atoms with Crippen molar-refractivity contribution in [1.29, 1.82) is 0 Å². The van der Waals surface area contributed by atoms with Crippen molar-refractivity contribution in [3.8, 4) is 0 Å². The number of thiocarbonyl (C=S) groups is 1. The lowest BCUT2D eigenvalue weighted by Crippen LogP contribution is -2.36. The highest BCUT2D eigenvalue weighted by Crippen LogP contribution is 2.29. The summed E-state index contributed by atoms with van der Waals surface area (Å²) in [5.41, 5.74) is 9.09. The van der Waals surface area contributed by atoms with Gasteiger partial charge in [0, 0.05) is 51.3 Å². The van der Waals surface area contributed by atoms with Gasteiger partial charge in [0.15, 0.2) is 5.11 Å². The fraction of sp³-hybridized carbons (Fsp3) is 0.536. The molecule has 0 aromatic heterocycles. The van der Waals surface area contributed by atoms with E-state index in [-0.39, 0.29) is 0 Å². The molecule has 180 valence electrons. The molecule has 1 N–H and O–H groups in total. The average Bonchev–Trinajstić information content (AvgIpc) is 2.79. The first-order valence-electron chi connectivity index (χ1n) is 12.4. The first-order valence-corrected chi connectivity index (χ1v) is 12.8. The predicted molar refractivity (Wildman–Crippen MR) is 146 cm³/mol. The number of aryl methyl sites for hydroxylation is 4. The Hall–Kier alpha value is -2.11. The van der Waals surface area contributed by atoms with Crippen LogP contribution in [0.15, 0.2) is 30.3 Å². The van der Waals surface area contributed by atoms with Crippen LogP contribution in [0.25, 0.3) is 0 Å². The van der Waals surface area contributed by atoms with E-state index in [4.69, 9.17) is 17.0 Å². The van der Waals surface area contributed by atoms with Crippen LogP contribution in [0.5, 0.6) is 0 Å². The van der Waals surface area contributed by atoms with Gasteiger partial charge in [-0.2, -0.15) is 0 Å². The number of rotatable bonds is 10. The zero-order valence-electron chi connectivity index (χ0n) is 21.2. The van der Waals surface area contributed by atoms with E-state index in [1.165, 1.54) is 65.7 Å². The summed E-state index contributed by atoms with van der Waals surface area (Å²) >= 11 is 5.91. The molecule has 0 atom stereocenters. The number of hydrogen-bond acceptors (Lipinski definition) is 3. The summed E-state index contributed by atoms with van der Waals surface area (Å²) in [4.78, 5) is 4.85. The summed E-state index contributed by atoms with van der Waals surface area (Å²) in [6.45, 7) is 13.4. The van der Waals surface area contributed by atoms with E-state index in [9.17, 15) is 0 Å². The van der Waals surface area contributed by atoms with Crippen LogP contribution in [-0.4, -0.2) is 43.4 Å². The zero-order valence-corrected chi connectivity index (χ0v) is 22.0. The normalized spacial score (nSPS) is 13.1. The largest absolute Gasteiger partial charge is 0.385 e. The monoisotopic (exact) mass is 467 g/mol. The van der Waals surface area contributed by atoms with Crippen molar-refractivity contribution in [2.45, 2.75) is 66.3 Å². The Morgan fingerprint density at radius 3 is 2.58 bits per heavy atom. The van der Waals surface area contributed by atoms with Crippen LogP contribution in [0.3, 0.4) is 0 Å². The number of benzene rings is 2. The Balaban J connectivity index is 1.77. The van der Waals surface area contributed by atoms with Crippen LogP contribution in [0.4, 0.5) is 11.4 Å². The van der Waals surface area contributed by atoms with Gasteiger partial charge in [0.1, 0.15) is 0 Å². The smallest absolute Gasteiger partial charge is 0.173 e. The molecule has 2 aromatic carbocycles. The van der Waals surface area contributed by atoms with Gasteiger partial charge in [0.2, 0.25) is 0 Å². The molecule has 0 radical (unpaired) electrons. The van der Waals surface area contributed by atoms with Gasteiger partial charge in [-0.25, -0.2) is 0 Å². The Kier molecular flexibility index (Phi) is 9.57. The van der Waals surface area contributed by atoms with Crippen LogP contribution < -0.4 is 10.2 Å². The lowest BCUT2D eigenvalue weighted by Gasteiger charge is -2.32. The zero-order chi connectivity index (χ0) is 23.8. The van der Waals surface area contributed by atoms with Crippen molar-refractivity contribution in [2.24, 2.45) is 0 Å². The Bertz CT molecular complexity index is 920. The topological polar surface area (TPSA) is 27.7 Å². The molecule has 0 saturated carbocycles. The quantitative estimate of drug-likeness (QED) is 0.322. The maximum atomic E-state index is 5.91. The molecule has 33 heavy (non-hydrogen) atoms. The van der Waals surface area contributed by atoms with Crippen LogP contribution in [0, 0.1) is 20.8 Å². The highest BCUT2D eigenvalue weighted by molar-refractivity contribution is 7.80. The predicted octanol–water partition coefficient (Wildman–Crippen LogP) is 6.40. The van der Waals surface area contributed by atoms with Crippen LogP contribution in [0.2, 0.25) is 0 Å². The Labute approximate surface area is 206 Å². The molecular weight excluding hydrogens is 426 g/mol.